The minimum atomic E-state index is -1.50. The smallest absolute Gasteiger partial charge is 0.291 e. The number of aryl methyl sites for hydroxylation is 1. The minimum Gasteiger partial charge on any atom is -0.335 e. The van der Waals surface area contributed by atoms with Crippen molar-refractivity contribution in [3.05, 3.63) is 63.7 Å². The highest BCUT2D eigenvalue weighted by Crippen LogP contribution is 2.46. The zero-order chi connectivity index (χ0) is 18.1. The molecule has 1 fully saturated rings. The van der Waals surface area contributed by atoms with E-state index in [9.17, 15) is 0 Å². The van der Waals surface area contributed by atoms with Crippen molar-refractivity contribution in [3.63, 3.8) is 0 Å². The summed E-state index contributed by atoms with van der Waals surface area (Å²) in [5.74, 6) is 2.53. The molecule has 0 bridgehead atoms. The first kappa shape index (κ1) is 19.9. The van der Waals surface area contributed by atoms with Crippen molar-refractivity contribution >= 4 is 35.1 Å². The standard InChI is InChI=1S/C16H19ClN2S2.HNO3/c17-15-4-2-14(3-5-15)6-7-16(20-10-1-11-21-16)12-19-9-8-18-13-19;2-1(3)4/h2-5,8-9,13H,1,6-7,10-12H2;(H,2,3,4). The van der Waals surface area contributed by atoms with Gasteiger partial charge in [0.05, 0.1) is 10.4 Å². The van der Waals surface area contributed by atoms with Crippen molar-refractivity contribution in [2.75, 3.05) is 11.5 Å². The lowest BCUT2D eigenvalue weighted by molar-refractivity contribution is -0.742. The third-order valence-electron chi connectivity index (χ3n) is 3.71. The Morgan fingerprint density at radius 2 is 1.96 bits per heavy atom. The van der Waals surface area contributed by atoms with Crippen LogP contribution in [0.25, 0.3) is 0 Å². The van der Waals surface area contributed by atoms with Crippen molar-refractivity contribution in [2.45, 2.75) is 29.9 Å². The highest BCUT2D eigenvalue weighted by Gasteiger charge is 2.33. The van der Waals surface area contributed by atoms with E-state index in [0.29, 0.717) is 0 Å². The molecule has 3 rings (SSSR count). The summed E-state index contributed by atoms with van der Waals surface area (Å²) in [6.45, 7) is 1.04. The molecule has 136 valence electrons. The number of halogens is 1. The molecule has 0 radical (unpaired) electrons. The topological polar surface area (TPSA) is 81.2 Å². The summed E-state index contributed by atoms with van der Waals surface area (Å²) in [6.07, 6.45) is 9.47. The van der Waals surface area contributed by atoms with Gasteiger partial charge in [-0.2, -0.15) is 0 Å². The van der Waals surface area contributed by atoms with Gasteiger partial charge in [0.2, 0.25) is 0 Å². The fourth-order valence-electron chi connectivity index (χ4n) is 2.58. The van der Waals surface area contributed by atoms with E-state index in [4.69, 9.17) is 26.9 Å². The number of thioether (sulfide) groups is 2. The van der Waals surface area contributed by atoms with Crippen LogP contribution in [0.4, 0.5) is 0 Å². The number of benzene rings is 1. The van der Waals surface area contributed by atoms with Crippen LogP contribution in [-0.2, 0) is 13.0 Å². The Hall–Kier alpha value is -1.38. The molecular weight excluding hydrogens is 382 g/mol. The molecule has 9 heteroatoms. The van der Waals surface area contributed by atoms with Crippen molar-refractivity contribution in [1.29, 1.82) is 0 Å². The highest BCUT2D eigenvalue weighted by molar-refractivity contribution is 8.18. The van der Waals surface area contributed by atoms with Crippen molar-refractivity contribution in [1.82, 2.24) is 9.55 Å². The van der Waals surface area contributed by atoms with Gasteiger partial charge in [-0.3, -0.25) is 0 Å². The molecule has 0 aliphatic carbocycles. The molecule has 2 heterocycles. The van der Waals surface area contributed by atoms with Gasteiger partial charge in [-0.15, -0.1) is 33.6 Å². The van der Waals surface area contributed by atoms with E-state index in [1.54, 1.807) is 0 Å². The SMILES string of the molecule is Clc1ccc(CCC2(Cn3ccnc3)SCCCS2)cc1.O=[N+]([O-])O. The molecular formula is C16H20ClN3O3S2. The molecule has 0 saturated carbocycles. The van der Waals surface area contributed by atoms with Crippen LogP contribution < -0.4 is 0 Å². The second kappa shape index (κ2) is 9.94. The van der Waals surface area contributed by atoms with Crippen LogP contribution >= 0.6 is 35.1 Å². The molecule has 1 N–H and O–H groups in total. The Bertz CT molecular complexity index is 643. The average molecular weight is 402 g/mol. The lowest BCUT2D eigenvalue weighted by atomic mass is 10.1. The maximum absolute atomic E-state index is 8.36. The largest absolute Gasteiger partial charge is 0.335 e. The van der Waals surface area contributed by atoms with Crippen LogP contribution in [0.3, 0.4) is 0 Å². The van der Waals surface area contributed by atoms with Gasteiger partial charge in [0.1, 0.15) is 0 Å². The summed E-state index contributed by atoms with van der Waals surface area (Å²) in [6, 6.07) is 8.26. The fourth-order valence-corrected chi connectivity index (χ4v) is 6.01. The van der Waals surface area contributed by atoms with E-state index in [-0.39, 0.29) is 4.08 Å². The van der Waals surface area contributed by atoms with Crippen LogP contribution in [-0.4, -0.2) is 35.4 Å². The van der Waals surface area contributed by atoms with Crippen LogP contribution in [0.1, 0.15) is 18.4 Å². The van der Waals surface area contributed by atoms with E-state index in [2.05, 4.69) is 51.4 Å². The number of hydrogen-bond donors (Lipinski definition) is 1. The van der Waals surface area contributed by atoms with Gasteiger partial charge in [-0.1, -0.05) is 23.7 Å². The van der Waals surface area contributed by atoms with E-state index >= 15 is 0 Å². The van der Waals surface area contributed by atoms with Crippen molar-refractivity contribution in [2.24, 2.45) is 0 Å². The molecule has 1 aliphatic heterocycles. The van der Waals surface area contributed by atoms with Gasteiger partial charge >= 0.3 is 0 Å². The average Bonchev–Trinajstić information content (AvgIpc) is 3.07. The molecule has 25 heavy (non-hydrogen) atoms. The summed E-state index contributed by atoms with van der Waals surface area (Å²) in [7, 11) is 0. The predicted octanol–water partition coefficient (Wildman–Crippen LogP) is 4.39. The van der Waals surface area contributed by atoms with E-state index < -0.39 is 5.09 Å². The molecule has 1 aliphatic rings. The monoisotopic (exact) mass is 401 g/mol. The number of aromatic nitrogens is 2. The first-order valence-electron chi connectivity index (χ1n) is 7.80. The Morgan fingerprint density at radius 3 is 2.52 bits per heavy atom. The molecule has 1 aromatic heterocycles. The van der Waals surface area contributed by atoms with Crippen LogP contribution in [0.2, 0.25) is 5.02 Å². The summed E-state index contributed by atoms with van der Waals surface area (Å²) in [4.78, 5) is 12.5. The molecule has 0 spiro atoms. The molecule has 1 aromatic carbocycles. The Morgan fingerprint density at radius 1 is 1.32 bits per heavy atom. The summed E-state index contributed by atoms with van der Waals surface area (Å²) in [5.41, 5.74) is 1.37. The summed E-state index contributed by atoms with van der Waals surface area (Å²) < 4.78 is 2.49. The van der Waals surface area contributed by atoms with E-state index in [1.807, 2.05) is 24.7 Å². The van der Waals surface area contributed by atoms with Gasteiger partial charge in [-0.25, -0.2) is 4.98 Å². The quantitative estimate of drug-likeness (QED) is 0.591. The normalized spacial score (nSPS) is 15.9. The number of rotatable bonds is 5. The zero-order valence-electron chi connectivity index (χ0n) is 13.6. The second-order valence-corrected chi connectivity index (χ2v) is 9.21. The van der Waals surface area contributed by atoms with E-state index in [1.165, 1.54) is 29.9 Å². The van der Waals surface area contributed by atoms with Crippen molar-refractivity contribution in [3.8, 4) is 0 Å². The van der Waals surface area contributed by atoms with Crippen molar-refractivity contribution < 1.29 is 10.3 Å². The van der Waals surface area contributed by atoms with Crippen LogP contribution in [0.15, 0.2) is 43.0 Å². The zero-order valence-corrected chi connectivity index (χ0v) is 16.0. The number of imidazole rings is 1. The highest BCUT2D eigenvalue weighted by atomic mass is 35.5. The molecule has 0 unspecified atom stereocenters. The lowest BCUT2D eigenvalue weighted by Gasteiger charge is -2.36. The first-order valence-corrected chi connectivity index (χ1v) is 10.2. The summed E-state index contributed by atoms with van der Waals surface area (Å²) >= 11 is 10.2. The molecule has 1 saturated heterocycles. The maximum Gasteiger partial charge on any atom is 0.291 e. The molecule has 0 amide bonds. The molecule has 2 aromatic rings. The van der Waals surface area contributed by atoms with Gasteiger partial charge in [0.15, 0.2) is 0 Å². The molecule has 6 nitrogen and oxygen atoms in total. The van der Waals surface area contributed by atoms with E-state index in [0.717, 1.165) is 18.0 Å². The van der Waals surface area contributed by atoms with Gasteiger partial charge in [-0.05, 0) is 48.5 Å². The molecule has 0 atom stereocenters. The summed E-state index contributed by atoms with van der Waals surface area (Å²) in [5, 5.41) is 14.5. The minimum absolute atomic E-state index is 0.276. The Balaban J connectivity index is 0.000000511. The third kappa shape index (κ3) is 7.17. The van der Waals surface area contributed by atoms with Crippen LogP contribution in [0, 0.1) is 10.1 Å². The fraction of sp³-hybridized carbons (Fsp3) is 0.438. The number of nitrogens with zero attached hydrogens (tertiary/aromatic N) is 3. The lowest BCUT2D eigenvalue weighted by Crippen LogP contribution is -2.31. The van der Waals surface area contributed by atoms with Crippen LogP contribution in [0.5, 0.6) is 0 Å². The van der Waals surface area contributed by atoms with Gasteiger partial charge < -0.3 is 9.77 Å². The predicted molar refractivity (Wildman–Crippen MR) is 103 cm³/mol. The Labute approximate surface area is 160 Å². The third-order valence-corrected chi connectivity index (χ3v) is 7.37. The second-order valence-electron chi connectivity index (χ2n) is 5.56. The number of hydrogen-bond acceptors (Lipinski definition) is 5. The van der Waals surface area contributed by atoms with Gasteiger partial charge in [0.25, 0.3) is 5.09 Å². The maximum atomic E-state index is 8.36. The van der Waals surface area contributed by atoms with Gasteiger partial charge in [0, 0.05) is 24.0 Å². The Kier molecular flexibility index (Phi) is 7.92. The first-order chi connectivity index (χ1) is 12.0.